The first-order valence-corrected chi connectivity index (χ1v) is 4.81. The molecule has 0 saturated carbocycles. The molecular formula is C9H13BrN2. The lowest BCUT2D eigenvalue weighted by atomic mass is 10.2. The highest BCUT2D eigenvalue weighted by atomic mass is 79.9. The van der Waals surface area contributed by atoms with E-state index in [9.17, 15) is 0 Å². The predicted molar refractivity (Wildman–Crippen MR) is 53.9 cm³/mol. The molecule has 1 rings (SSSR count). The van der Waals surface area contributed by atoms with Crippen molar-refractivity contribution in [2.45, 2.75) is 26.4 Å². The third-order valence-electron chi connectivity index (χ3n) is 1.51. The molecular weight excluding hydrogens is 216 g/mol. The number of aromatic nitrogens is 1. The van der Waals surface area contributed by atoms with Crippen molar-refractivity contribution in [3.8, 4) is 0 Å². The van der Waals surface area contributed by atoms with E-state index >= 15 is 0 Å². The number of pyridine rings is 1. The average Bonchev–Trinajstić information content (AvgIpc) is 2.01. The molecule has 0 radical (unpaired) electrons. The van der Waals surface area contributed by atoms with Crippen molar-refractivity contribution in [3.63, 3.8) is 0 Å². The number of nitrogens with one attached hydrogen (secondary N) is 1. The summed E-state index contributed by atoms with van der Waals surface area (Å²) in [6, 6.07) is 4.56. The maximum atomic E-state index is 4.06. The second-order valence-corrected chi connectivity index (χ2v) is 3.83. The van der Waals surface area contributed by atoms with E-state index in [4.69, 9.17) is 0 Å². The van der Waals surface area contributed by atoms with Crippen LogP contribution in [0.4, 0.5) is 0 Å². The Labute approximate surface area is 81.5 Å². The van der Waals surface area contributed by atoms with Crippen LogP contribution >= 0.6 is 15.9 Å². The van der Waals surface area contributed by atoms with Gasteiger partial charge in [0.15, 0.2) is 0 Å². The first kappa shape index (κ1) is 9.68. The van der Waals surface area contributed by atoms with Crippen LogP contribution in [-0.4, -0.2) is 11.0 Å². The number of hydrogen-bond acceptors (Lipinski definition) is 2. The molecule has 0 aliphatic carbocycles. The van der Waals surface area contributed by atoms with Gasteiger partial charge in [0.1, 0.15) is 4.60 Å². The van der Waals surface area contributed by atoms with Crippen LogP contribution in [0.25, 0.3) is 0 Å². The maximum absolute atomic E-state index is 4.06. The number of hydrogen-bond donors (Lipinski definition) is 1. The highest BCUT2D eigenvalue weighted by molar-refractivity contribution is 9.10. The molecule has 0 bridgehead atoms. The highest BCUT2D eigenvalue weighted by Crippen LogP contribution is 2.07. The van der Waals surface area contributed by atoms with Crippen molar-refractivity contribution in [1.29, 1.82) is 0 Å². The number of nitrogens with zero attached hydrogens (tertiary/aromatic N) is 1. The fourth-order valence-electron chi connectivity index (χ4n) is 0.875. The van der Waals surface area contributed by atoms with Crippen molar-refractivity contribution in [2.75, 3.05) is 0 Å². The lowest BCUT2D eigenvalue weighted by molar-refractivity contribution is 0.588. The number of halogens is 1. The molecule has 3 heteroatoms. The molecule has 0 atom stereocenters. The van der Waals surface area contributed by atoms with Gasteiger partial charge in [0, 0.05) is 18.8 Å². The Hall–Kier alpha value is -0.410. The lowest BCUT2D eigenvalue weighted by Crippen LogP contribution is -2.21. The third-order valence-corrected chi connectivity index (χ3v) is 1.94. The van der Waals surface area contributed by atoms with Gasteiger partial charge < -0.3 is 5.32 Å². The van der Waals surface area contributed by atoms with Gasteiger partial charge in [-0.25, -0.2) is 4.98 Å². The van der Waals surface area contributed by atoms with Gasteiger partial charge in [0.05, 0.1) is 0 Å². The summed E-state index contributed by atoms with van der Waals surface area (Å²) in [5, 5.41) is 3.34. The molecule has 1 aromatic rings. The minimum Gasteiger partial charge on any atom is -0.310 e. The summed E-state index contributed by atoms with van der Waals surface area (Å²) in [5.74, 6) is 0. The maximum Gasteiger partial charge on any atom is 0.106 e. The molecule has 0 aliphatic heterocycles. The molecule has 0 aromatic carbocycles. The van der Waals surface area contributed by atoms with Gasteiger partial charge in [-0.2, -0.15) is 0 Å². The van der Waals surface area contributed by atoms with Crippen molar-refractivity contribution < 1.29 is 0 Å². The molecule has 66 valence electrons. The van der Waals surface area contributed by atoms with E-state index in [2.05, 4.69) is 40.1 Å². The Morgan fingerprint density at radius 2 is 2.33 bits per heavy atom. The van der Waals surface area contributed by atoms with E-state index in [1.807, 2.05) is 12.1 Å². The zero-order valence-electron chi connectivity index (χ0n) is 7.34. The summed E-state index contributed by atoms with van der Waals surface area (Å²) in [4.78, 5) is 4.06. The molecule has 2 nitrogen and oxygen atoms in total. The Balaban J connectivity index is 2.52. The quantitative estimate of drug-likeness (QED) is 0.804. The van der Waals surface area contributed by atoms with Gasteiger partial charge in [-0.05, 0) is 33.6 Å². The van der Waals surface area contributed by atoms with Crippen molar-refractivity contribution >= 4 is 15.9 Å². The van der Waals surface area contributed by atoms with E-state index in [0.717, 1.165) is 11.1 Å². The first-order chi connectivity index (χ1) is 5.68. The molecule has 0 amide bonds. The zero-order valence-corrected chi connectivity index (χ0v) is 8.93. The molecule has 0 spiro atoms. The fraction of sp³-hybridized carbons (Fsp3) is 0.444. The molecule has 1 heterocycles. The van der Waals surface area contributed by atoms with E-state index in [0.29, 0.717) is 6.04 Å². The van der Waals surface area contributed by atoms with Crippen molar-refractivity contribution in [2.24, 2.45) is 0 Å². The van der Waals surface area contributed by atoms with Gasteiger partial charge in [-0.3, -0.25) is 0 Å². The summed E-state index contributed by atoms with van der Waals surface area (Å²) < 4.78 is 0.894. The van der Waals surface area contributed by atoms with E-state index in [1.165, 1.54) is 5.56 Å². The molecule has 12 heavy (non-hydrogen) atoms. The summed E-state index contributed by atoms with van der Waals surface area (Å²) in [6.45, 7) is 5.17. The minimum atomic E-state index is 0.525. The van der Waals surface area contributed by atoms with Crippen molar-refractivity contribution in [3.05, 3.63) is 28.5 Å². The smallest absolute Gasteiger partial charge is 0.106 e. The normalized spacial score (nSPS) is 10.7. The van der Waals surface area contributed by atoms with Crippen LogP contribution in [0.3, 0.4) is 0 Å². The van der Waals surface area contributed by atoms with Crippen LogP contribution in [0, 0.1) is 0 Å². The molecule has 0 aliphatic rings. The lowest BCUT2D eigenvalue weighted by Gasteiger charge is -2.07. The fourth-order valence-corrected chi connectivity index (χ4v) is 1.29. The second kappa shape index (κ2) is 4.58. The van der Waals surface area contributed by atoms with Gasteiger partial charge in [0.25, 0.3) is 0 Å². The summed E-state index contributed by atoms with van der Waals surface area (Å²) >= 11 is 3.33. The van der Waals surface area contributed by atoms with E-state index in [1.54, 1.807) is 6.20 Å². The molecule has 1 N–H and O–H groups in total. The Bertz CT molecular complexity index is 248. The Kier molecular flexibility index (Phi) is 3.69. The standard InChI is InChI=1S/C9H13BrN2/c1-7(2)12-6-8-3-4-11-9(10)5-8/h3-5,7,12H,6H2,1-2H3. The largest absolute Gasteiger partial charge is 0.310 e. The number of rotatable bonds is 3. The van der Waals surface area contributed by atoms with Gasteiger partial charge in [-0.1, -0.05) is 13.8 Å². The summed E-state index contributed by atoms with van der Waals surface area (Å²) in [6.07, 6.45) is 1.81. The van der Waals surface area contributed by atoms with Crippen LogP contribution in [0.1, 0.15) is 19.4 Å². The monoisotopic (exact) mass is 228 g/mol. The highest BCUT2D eigenvalue weighted by Gasteiger charge is 1.95. The third kappa shape index (κ3) is 3.32. The van der Waals surface area contributed by atoms with Crippen LogP contribution in [0.2, 0.25) is 0 Å². The van der Waals surface area contributed by atoms with Crippen LogP contribution in [0.5, 0.6) is 0 Å². The average molecular weight is 229 g/mol. The van der Waals surface area contributed by atoms with Crippen molar-refractivity contribution in [1.82, 2.24) is 10.3 Å². The molecule has 0 fully saturated rings. The molecule has 0 saturated heterocycles. The van der Waals surface area contributed by atoms with Crippen LogP contribution in [0.15, 0.2) is 22.9 Å². The van der Waals surface area contributed by atoms with Crippen LogP contribution < -0.4 is 5.32 Å². The first-order valence-electron chi connectivity index (χ1n) is 4.02. The van der Waals surface area contributed by atoms with E-state index in [-0.39, 0.29) is 0 Å². The summed E-state index contributed by atoms with van der Waals surface area (Å²) in [5.41, 5.74) is 1.26. The summed E-state index contributed by atoms with van der Waals surface area (Å²) in [7, 11) is 0. The topological polar surface area (TPSA) is 24.9 Å². The van der Waals surface area contributed by atoms with E-state index < -0.39 is 0 Å². The minimum absolute atomic E-state index is 0.525. The van der Waals surface area contributed by atoms with Crippen LogP contribution in [-0.2, 0) is 6.54 Å². The SMILES string of the molecule is CC(C)NCc1ccnc(Br)c1. The van der Waals surface area contributed by atoms with Gasteiger partial charge in [-0.15, -0.1) is 0 Å². The zero-order chi connectivity index (χ0) is 8.97. The molecule has 1 aromatic heterocycles. The predicted octanol–water partition coefficient (Wildman–Crippen LogP) is 2.34. The van der Waals surface area contributed by atoms with Gasteiger partial charge in [0.2, 0.25) is 0 Å². The van der Waals surface area contributed by atoms with Gasteiger partial charge >= 0.3 is 0 Å². The molecule has 0 unspecified atom stereocenters. The Morgan fingerprint density at radius 1 is 1.58 bits per heavy atom. The second-order valence-electron chi connectivity index (χ2n) is 3.02. The Morgan fingerprint density at radius 3 is 2.92 bits per heavy atom.